The van der Waals surface area contributed by atoms with E-state index in [4.69, 9.17) is 10.1 Å². The summed E-state index contributed by atoms with van der Waals surface area (Å²) in [6.07, 6.45) is 0. The number of hydrogen-bond acceptors (Lipinski definition) is 2. The van der Waals surface area contributed by atoms with Crippen LogP contribution in [0.2, 0.25) is 0 Å². The summed E-state index contributed by atoms with van der Waals surface area (Å²) < 4.78 is 0. The van der Waals surface area contributed by atoms with Crippen LogP contribution in [0.15, 0.2) is 5.34 Å². The van der Waals surface area contributed by atoms with Crippen molar-refractivity contribution in [3.8, 4) is 0 Å². The van der Waals surface area contributed by atoms with E-state index in [2.05, 4.69) is 0 Å². The van der Waals surface area contributed by atoms with E-state index in [1.54, 1.807) is 0 Å². The van der Waals surface area contributed by atoms with Crippen LogP contribution in [0.5, 0.6) is 0 Å². The Morgan fingerprint density at radius 3 is 2.00 bits per heavy atom. The third-order valence-corrected chi connectivity index (χ3v) is 0. The molecule has 0 fully saturated rings. The molecule has 0 spiro atoms. The molecule has 0 aromatic rings. The van der Waals surface area contributed by atoms with Gasteiger partial charge < -0.3 is 6.63 Å². The average molecular weight is 181 g/mol. The molecule has 0 aliphatic carbocycles. The van der Waals surface area contributed by atoms with E-state index in [0.717, 1.165) is 0 Å². The summed E-state index contributed by atoms with van der Waals surface area (Å²) in [5.41, 5.74) is 0. The van der Waals surface area contributed by atoms with Gasteiger partial charge in [0.2, 0.25) is 0 Å². The minimum atomic E-state index is 0. The Bertz CT molecular complexity index is 17.1. The Hall–Kier alpha value is 1.45. The van der Waals surface area contributed by atoms with Crippen LogP contribution in [-0.4, -0.2) is 5.21 Å². The molecular formula is H2CsNO2. The zero-order valence-electron chi connectivity index (χ0n) is 3.30. The van der Waals surface area contributed by atoms with Crippen molar-refractivity contribution in [2.45, 2.75) is 0 Å². The maximum absolute atomic E-state index is 8.11. The zero-order chi connectivity index (χ0) is 2.71. The van der Waals surface area contributed by atoms with Gasteiger partial charge in [0.25, 0.3) is 0 Å². The Morgan fingerprint density at radius 1 is 2.00 bits per heavy atom. The second kappa shape index (κ2) is 8.82. The fourth-order valence-electron chi connectivity index (χ4n) is 0. The summed E-state index contributed by atoms with van der Waals surface area (Å²) in [6, 6.07) is 0. The van der Waals surface area contributed by atoms with E-state index in [-0.39, 0.29) is 70.3 Å². The average Bonchev–Trinajstić information content (AvgIpc) is 0.918. The van der Waals surface area contributed by atoms with E-state index in [1.165, 1.54) is 5.34 Å². The first kappa shape index (κ1) is 9.07. The maximum Gasteiger partial charge on any atom is 1.00 e. The molecule has 0 aliphatic rings. The van der Waals surface area contributed by atoms with Crippen molar-refractivity contribution in [2.75, 3.05) is 0 Å². The fraction of sp³-hybridized carbons (Fsp3) is 0. The van der Waals surface area contributed by atoms with Crippen LogP contribution in [0.3, 0.4) is 0 Å². The molecule has 0 amide bonds. The van der Waals surface area contributed by atoms with Gasteiger partial charge in [0, 0.05) is 0 Å². The van der Waals surface area contributed by atoms with Gasteiger partial charge in [-0.3, -0.25) is 0 Å². The predicted octanol–water partition coefficient (Wildman–Crippen LogP) is -2.74. The summed E-state index contributed by atoms with van der Waals surface area (Å²) >= 11 is 0. The molecule has 0 aromatic heterocycles. The maximum atomic E-state index is 8.11. The van der Waals surface area contributed by atoms with Crippen molar-refractivity contribution in [2.24, 2.45) is 5.34 Å². The smallest absolute Gasteiger partial charge is 1.00 e. The van der Waals surface area contributed by atoms with E-state index < -0.39 is 0 Å². The molecule has 0 unspecified atom stereocenters. The minimum Gasteiger partial charge on any atom is -1.00 e. The molecule has 4 heteroatoms. The van der Waals surface area contributed by atoms with Crippen molar-refractivity contribution >= 4 is 0 Å². The normalized spacial score (nSPS) is 3.00. The van der Waals surface area contributed by atoms with Gasteiger partial charge in [0.15, 0.2) is 5.34 Å². The van der Waals surface area contributed by atoms with Crippen LogP contribution in [0.25, 0.3) is 0 Å². The van der Waals surface area contributed by atoms with Crippen molar-refractivity contribution in [1.82, 2.24) is 0 Å². The van der Waals surface area contributed by atoms with Gasteiger partial charge in [-0.1, -0.05) is 0 Å². The molecule has 3 nitrogen and oxygen atoms in total. The van der Waals surface area contributed by atoms with Gasteiger partial charge in [-0.2, -0.15) is 0 Å². The van der Waals surface area contributed by atoms with Crippen LogP contribution < -0.4 is 68.9 Å². The quantitative estimate of drug-likeness (QED) is 0.325. The zero-order valence-corrected chi connectivity index (χ0v) is 8.58. The second-order valence-corrected chi connectivity index (χ2v) is 0.0816. The summed E-state index contributed by atoms with van der Waals surface area (Å²) in [4.78, 5) is 8.11. The molecule has 0 saturated carbocycles. The molecule has 0 aromatic carbocycles. The molecule has 0 radical (unpaired) electrons. The van der Waals surface area contributed by atoms with Gasteiger partial charge in [-0.15, -0.1) is 4.91 Å². The largest absolute Gasteiger partial charge is 1.00 e. The molecule has 0 bridgehead atoms. The van der Waals surface area contributed by atoms with Crippen LogP contribution in [0.1, 0.15) is 1.43 Å². The summed E-state index contributed by atoms with van der Waals surface area (Å²) in [7, 11) is 0. The standard InChI is InChI=1S/Cs.HNO2.H/c;2-1-3;/h;(H,2,3);/q+1;;-1. The molecule has 20 valence electrons. The van der Waals surface area contributed by atoms with Gasteiger partial charge >= 0.3 is 68.9 Å². The molecule has 1 N–H and O–H groups in total. The Labute approximate surface area is 83.6 Å². The first-order valence-corrected chi connectivity index (χ1v) is 0.383. The van der Waals surface area contributed by atoms with E-state index in [9.17, 15) is 0 Å². The van der Waals surface area contributed by atoms with Gasteiger partial charge in [-0.05, 0) is 0 Å². The molecule has 0 aliphatic heterocycles. The third-order valence-electron chi connectivity index (χ3n) is 0. The number of nitrogens with zero attached hydrogens (tertiary/aromatic N) is 1. The number of rotatable bonds is 0. The summed E-state index contributed by atoms with van der Waals surface area (Å²) in [6.45, 7) is 0. The summed E-state index contributed by atoms with van der Waals surface area (Å²) in [5, 5.41) is 7.89. The van der Waals surface area contributed by atoms with Crippen molar-refractivity contribution in [3.05, 3.63) is 4.91 Å². The Morgan fingerprint density at radius 2 is 2.00 bits per heavy atom. The fourth-order valence-corrected chi connectivity index (χ4v) is 0. The van der Waals surface area contributed by atoms with Crippen molar-refractivity contribution < 1.29 is 75.5 Å². The Balaban J connectivity index is -0.0000000200. The molecule has 0 heterocycles. The number of hydrogen-bond donors (Lipinski definition) is 1. The molecule has 4 heavy (non-hydrogen) atoms. The molecule has 0 saturated heterocycles. The predicted molar refractivity (Wildman–Crippen MR) is 8.69 cm³/mol. The monoisotopic (exact) mass is 181 g/mol. The van der Waals surface area contributed by atoms with Gasteiger partial charge in [-0.25, -0.2) is 0 Å². The first-order chi connectivity index (χ1) is 1.41. The van der Waals surface area contributed by atoms with Gasteiger partial charge in [0.05, 0.1) is 0 Å². The van der Waals surface area contributed by atoms with Crippen molar-refractivity contribution in [1.29, 1.82) is 0 Å². The van der Waals surface area contributed by atoms with E-state index in [0.29, 0.717) is 0 Å². The van der Waals surface area contributed by atoms with Crippen LogP contribution in [-0.2, 0) is 0 Å². The second-order valence-electron chi connectivity index (χ2n) is 0.0816. The summed E-state index contributed by atoms with van der Waals surface area (Å²) in [5.74, 6) is 0. The molecular weight excluding hydrogens is 179 g/mol. The van der Waals surface area contributed by atoms with Crippen LogP contribution >= 0.6 is 0 Å². The molecule has 0 rings (SSSR count). The Kier molecular flexibility index (Phi) is 20.0. The van der Waals surface area contributed by atoms with E-state index >= 15 is 0 Å². The topological polar surface area (TPSA) is 49.7 Å². The van der Waals surface area contributed by atoms with E-state index in [1.807, 2.05) is 0 Å². The minimum absolute atomic E-state index is 0. The van der Waals surface area contributed by atoms with Gasteiger partial charge in [0.1, 0.15) is 0 Å². The van der Waals surface area contributed by atoms with Crippen molar-refractivity contribution in [3.63, 3.8) is 0 Å². The van der Waals surface area contributed by atoms with Crippen LogP contribution in [0.4, 0.5) is 0 Å². The first-order valence-electron chi connectivity index (χ1n) is 0.383. The third kappa shape index (κ3) is 9.84. The molecule has 0 atom stereocenters. The van der Waals surface area contributed by atoms with Crippen LogP contribution in [0, 0.1) is 4.91 Å². The SMILES string of the molecule is O=NO.[Cs+].[H-].